The molecule has 0 radical (unpaired) electrons. The highest BCUT2D eigenvalue weighted by molar-refractivity contribution is 8.13. The molecule has 1 aromatic carbocycles. The molecule has 0 saturated heterocycles. The van der Waals surface area contributed by atoms with Gasteiger partial charge in [-0.15, -0.1) is 0 Å². The first kappa shape index (κ1) is 16.1. The standard InChI is InChI=1S/C10H8ClFN2O5S/c1-2-6(5-13)19-9-3-7(12)10(20(11,17)18)4-8(9)14(15)16/h3-4,6H,2H2,1H3. The molecule has 0 heterocycles. The summed E-state index contributed by atoms with van der Waals surface area (Å²) in [5.41, 5.74) is -0.792. The van der Waals surface area contributed by atoms with Crippen molar-refractivity contribution < 1.29 is 22.5 Å². The third kappa shape index (κ3) is 3.55. The van der Waals surface area contributed by atoms with Gasteiger partial charge in [0, 0.05) is 22.8 Å². The van der Waals surface area contributed by atoms with Crippen molar-refractivity contribution in [2.75, 3.05) is 0 Å². The fourth-order valence-electron chi connectivity index (χ4n) is 1.30. The van der Waals surface area contributed by atoms with Crippen LogP contribution in [0.3, 0.4) is 0 Å². The molecule has 0 aromatic heterocycles. The molecule has 7 nitrogen and oxygen atoms in total. The first-order valence-corrected chi connectivity index (χ1v) is 7.50. The summed E-state index contributed by atoms with van der Waals surface area (Å²) in [5.74, 6) is -1.83. The van der Waals surface area contributed by atoms with Crippen LogP contribution in [0.4, 0.5) is 10.1 Å². The summed E-state index contributed by atoms with van der Waals surface area (Å²) in [6, 6.07) is 2.70. The zero-order valence-electron chi connectivity index (χ0n) is 10.0. The predicted molar refractivity (Wildman–Crippen MR) is 66.4 cm³/mol. The summed E-state index contributed by atoms with van der Waals surface area (Å²) in [5, 5.41) is 19.6. The maximum absolute atomic E-state index is 13.6. The van der Waals surface area contributed by atoms with E-state index in [-0.39, 0.29) is 6.42 Å². The van der Waals surface area contributed by atoms with E-state index in [1.807, 2.05) is 0 Å². The van der Waals surface area contributed by atoms with Crippen molar-refractivity contribution in [2.45, 2.75) is 24.3 Å². The highest BCUT2D eigenvalue weighted by Gasteiger charge is 2.27. The number of nitriles is 1. The Balaban J connectivity index is 3.44. The van der Waals surface area contributed by atoms with Crippen LogP contribution in [0.25, 0.3) is 0 Å². The predicted octanol–water partition coefficient (Wildman–Crippen LogP) is 2.34. The van der Waals surface area contributed by atoms with Crippen molar-refractivity contribution in [1.29, 1.82) is 5.26 Å². The van der Waals surface area contributed by atoms with Gasteiger partial charge < -0.3 is 4.74 Å². The quantitative estimate of drug-likeness (QED) is 0.467. The molecule has 1 atom stereocenters. The van der Waals surface area contributed by atoms with Crippen LogP contribution >= 0.6 is 10.7 Å². The van der Waals surface area contributed by atoms with Gasteiger partial charge in [-0.2, -0.15) is 5.26 Å². The van der Waals surface area contributed by atoms with Crippen molar-refractivity contribution >= 4 is 25.4 Å². The molecule has 0 aliphatic rings. The Morgan fingerprint density at radius 1 is 1.60 bits per heavy atom. The van der Waals surface area contributed by atoms with E-state index < -0.39 is 42.2 Å². The summed E-state index contributed by atoms with van der Waals surface area (Å²) in [6.07, 6.45) is -0.809. The molecular weight excluding hydrogens is 315 g/mol. The van der Waals surface area contributed by atoms with E-state index in [0.717, 1.165) is 0 Å². The lowest BCUT2D eigenvalue weighted by Gasteiger charge is -2.11. The number of ether oxygens (including phenoxy) is 1. The maximum Gasteiger partial charge on any atom is 0.312 e. The van der Waals surface area contributed by atoms with Crippen LogP contribution in [-0.2, 0) is 9.05 Å². The zero-order chi connectivity index (χ0) is 15.5. The Bertz CT molecular complexity index is 686. The first-order chi connectivity index (χ1) is 9.20. The normalized spacial score (nSPS) is 12.5. The minimum Gasteiger partial charge on any atom is -0.468 e. The van der Waals surface area contributed by atoms with E-state index in [1.54, 1.807) is 13.0 Å². The lowest BCUT2D eigenvalue weighted by molar-refractivity contribution is -0.386. The van der Waals surface area contributed by atoms with Crippen molar-refractivity contribution in [1.82, 2.24) is 0 Å². The van der Waals surface area contributed by atoms with Crippen molar-refractivity contribution in [3.63, 3.8) is 0 Å². The van der Waals surface area contributed by atoms with Gasteiger partial charge >= 0.3 is 5.69 Å². The molecule has 1 rings (SSSR count). The lowest BCUT2D eigenvalue weighted by atomic mass is 10.2. The van der Waals surface area contributed by atoms with Crippen LogP contribution < -0.4 is 4.74 Å². The van der Waals surface area contributed by atoms with Crippen LogP contribution in [0.2, 0.25) is 0 Å². The van der Waals surface area contributed by atoms with E-state index in [4.69, 9.17) is 20.7 Å². The van der Waals surface area contributed by atoms with Gasteiger partial charge in [0.15, 0.2) is 6.10 Å². The molecule has 0 bridgehead atoms. The average Bonchev–Trinajstić information content (AvgIpc) is 2.33. The third-order valence-corrected chi connectivity index (χ3v) is 3.59. The molecule has 0 aliphatic carbocycles. The molecular formula is C10H8ClFN2O5S. The van der Waals surface area contributed by atoms with E-state index in [2.05, 4.69) is 0 Å². The summed E-state index contributed by atoms with van der Waals surface area (Å²) in [7, 11) is 0.496. The van der Waals surface area contributed by atoms with E-state index in [9.17, 15) is 22.9 Å². The molecule has 0 aliphatic heterocycles. The number of nitrogens with zero attached hydrogens (tertiary/aromatic N) is 2. The highest BCUT2D eigenvalue weighted by atomic mass is 35.7. The fraction of sp³-hybridized carbons (Fsp3) is 0.300. The molecule has 1 unspecified atom stereocenters. The molecule has 0 amide bonds. The maximum atomic E-state index is 13.6. The monoisotopic (exact) mass is 322 g/mol. The highest BCUT2D eigenvalue weighted by Crippen LogP contribution is 2.34. The molecule has 0 spiro atoms. The van der Waals surface area contributed by atoms with Gasteiger partial charge in [0.1, 0.15) is 16.8 Å². The van der Waals surface area contributed by atoms with Crippen LogP contribution in [0.5, 0.6) is 5.75 Å². The molecule has 0 fully saturated rings. The smallest absolute Gasteiger partial charge is 0.312 e. The van der Waals surface area contributed by atoms with Crippen molar-refractivity contribution in [3.05, 3.63) is 28.1 Å². The molecule has 20 heavy (non-hydrogen) atoms. The van der Waals surface area contributed by atoms with Gasteiger partial charge in [0.25, 0.3) is 9.05 Å². The SMILES string of the molecule is CCC(C#N)Oc1cc(F)c(S(=O)(=O)Cl)cc1[N+](=O)[O-]. The number of hydrogen-bond acceptors (Lipinski definition) is 6. The average molecular weight is 323 g/mol. The molecule has 10 heteroatoms. The Morgan fingerprint density at radius 2 is 2.20 bits per heavy atom. The third-order valence-electron chi connectivity index (χ3n) is 2.26. The largest absolute Gasteiger partial charge is 0.468 e. The van der Waals surface area contributed by atoms with Gasteiger partial charge in [-0.25, -0.2) is 12.8 Å². The van der Waals surface area contributed by atoms with Crippen molar-refractivity contribution in [2.24, 2.45) is 0 Å². The van der Waals surface area contributed by atoms with Gasteiger partial charge in [0.2, 0.25) is 5.75 Å². The topological polar surface area (TPSA) is 110 Å². The van der Waals surface area contributed by atoms with Crippen LogP contribution in [0.15, 0.2) is 17.0 Å². The van der Waals surface area contributed by atoms with Gasteiger partial charge in [-0.05, 0) is 6.42 Å². The van der Waals surface area contributed by atoms with Gasteiger partial charge in [-0.1, -0.05) is 6.92 Å². The molecule has 108 valence electrons. The Morgan fingerprint density at radius 3 is 2.60 bits per heavy atom. The molecule has 0 N–H and O–H groups in total. The van der Waals surface area contributed by atoms with Gasteiger partial charge in [-0.3, -0.25) is 10.1 Å². The Hall–Kier alpha value is -1.92. The molecule has 1 aromatic rings. The number of nitro groups is 1. The minimum atomic E-state index is -4.47. The summed E-state index contributed by atoms with van der Waals surface area (Å²) >= 11 is 0. The van der Waals surface area contributed by atoms with E-state index in [0.29, 0.717) is 12.1 Å². The van der Waals surface area contributed by atoms with E-state index >= 15 is 0 Å². The van der Waals surface area contributed by atoms with Crippen LogP contribution in [-0.4, -0.2) is 19.4 Å². The summed E-state index contributed by atoms with van der Waals surface area (Å²) in [6.45, 7) is 1.59. The van der Waals surface area contributed by atoms with Crippen LogP contribution in [0.1, 0.15) is 13.3 Å². The van der Waals surface area contributed by atoms with Crippen molar-refractivity contribution in [3.8, 4) is 11.8 Å². The number of halogens is 2. The second-order valence-corrected chi connectivity index (χ2v) is 6.12. The lowest BCUT2D eigenvalue weighted by Crippen LogP contribution is -2.14. The summed E-state index contributed by atoms with van der Waals surface area (Å²) < 4.78 is 40.7. The fourth-order valence-corrected chi connectivity index (χ4v) is 2.20. The Kier molecular flexibility index (Phi) is 4.86. The number of nitro benzene ring substituents is 1. The second kappa shape index (κ2) is 6.02. The first-order valence-electron chi connectivity index (χ1n) is 5.19. The molecule has 0 saturated carbocycles. The van der Waals surface area contributed by atoms with Gasteiger partial charge in [0.05, 0.1) is 4.92 Å². The number of benzene rings is 1. The number of hydrogen-bond donors (Lipinski definition) is 0. The second-order valence-electron chi connectivity index (χ2n) is 3.59. The Labute approximate surface area is 118 Å². The number of rotatable bonds is 5. The van der Waals surface area contributed by atoms with Crippen LogP contribution in [0, 0.1) is 27.3 Å². The minimum absolute atomic E-state index is 0.213. The van der Waals surface area contributed by atoms with E-state index in [1.165, 1.54) is 0 Å². The summed E-state index contributed by atoms with van der Waals surface area (Å²) in [4.78, 5) is 8.87. The zero-order valence-corrected chi connectivity index (χ0v) is 11.6.